The molecule has 0 spiro atoms. The van der Waals surface area contributed by atoms with Crippen molar-refractivity contribution in [2.75, 3.05) is 12.8 Å². The first-order chi connectivity index (χ1) is 10.8. The normalized spacial score (nSPS) is 10.2. The second-order valence-corrected chi connectivity index (χ2v) is 5.14. The van der Waals surface area contributed by atoms with Gasteiger partial charge in [0, 0.05) is 6.20 Å². The van der Waals surface area contributed by atoms with Crippen molar-refractivity contribution in [2.45, 2.75) is 0 Å². The molecule has 8 nitrogen and oxygen atoms in total. The number of nitrogen functional groups attached to an aromatic ring is 1. The molecule has 0 amide bonds. The van der Waals surface area contributed by atoms with E-state index in [1.807, 2.05) is 0 Å². The van der Waals surface area contributed by atoms with Gasteiger partial charge in [-0.1, -0.05) is 0 Å². The van der Waals surface area contributed by atoms with Crippen LogP contribution in [0.25, 0.3) is 5.69 Å². The van der Waals surface area contributed by atoms with Crippen LogP contribution in [0.2, 0.25) is 0 Å². The summed E-state index contributed by atoms with van der Waals surface area (Å²) in [5.74, 6) is -1.74. The highest BCUT2D eigenvalue weighted by atomic mass is 79.9. The average Bonchev–Trinajstić information content (AvgIpc) is 2.85. The van der Waals surface area contributed by atoms with E-state index in [2.05, 4.69) is 20.7 Å². The zero-order valence-electron chi connectivity index (χ0n) is 11.5. The fourth-order valence-corrected chi connectivity index (χ4v) is 2.30. The molecule has 1 aromatic heterocycles. The number of nitrogens with two attached hydrogens (primary N) is 1. The zero-order chi connectivity index (χ0) is 17.3. The number of nitrogens with zero attached hydrogens (tertiary/aromatic N) is 3. The Bertz CT molecular complexity index is 872. The standard InChI is InChI=1S/C13H8BrFN4O4/c1-23-13(20)12-11(17)6(4-16)5-18(12)9-2-7(14)8(15)3-10(9)19(21)22/h2-3,5H,17H2,1H3. The third-order valence-corrected chi connectivity index (χ3v) is 3.62. The lowest BCUT2D eigenvalue weighted by Crippen LogP contribution is -2.12. The number of esters is 1. The first kappa shape index (κ1) is 16.4. The quantitative estimate of drug-likeness (QED) is 0.493. The molecule has 0 saturated carbocycles. The topological polar surface area (TPSA) is 124 Å². The van der Waals surface area contributed by atoms with Crippen LogP contribution in [-0.2, 0) is 4.74 Å². The lowest BCUT2D eigenvalue weighted by atomic mass is 10.2. The Kier molecular flexibility index (Phi) is 4.33. The maximum atomic E-state index is 13.6. The maximum Gasteiger partial charge on any atom is 0.357 e. The van der Waals surface area contributed by atoms with Crippen LogP contribution in [-0.4, -0.2) is 22.6 Å². The number of nitro groups is 1. The van der Waals surface area contributed by atoms with Gasteiger partial charge in [0.05, 0.1) is 33.8 Å². The lowest BCUT2D eigenvalue weighted by Gasteiger charge is -2.10. The molecule has 23 heavy (non-hydrogen) atoms. The fraction of sp³-hybridized carbons (Fsp3) is 0.0769. The number of hydrogen-bond donors (Lipinski definition) is 1. The second-order valence-electron chi connectivity index (χ2n) is 4.29. The Hall–Kier alpha value is -2.93. The molecular weight excluding hydrogens is 375 g/mol. The monoisotopic (exact) mass is 382 g/mol. The van der Waals surface area contributed by atoms with Crippen molar-refractivity contribution < 1.29 is 18.8 Å². The molecule has 0 aliphatic rings. The summed E-state index contributed by atoms with van der Waals surface area (Å²) in [6, 6.07) is 3.58. The van der Waals surface area contributed by atoms with Crippen molar-refractivity contribution in [3.63, 3.8) is 0 Å². The molecule has 2 aromatic rings. The third kappa shape index (κ3) is 2.74. The van der Waals surface area contributed by atoms with Gasteiger partial charge in [-0.2, -0.15) is 5.26 Å². The van der Waals surface area contributed by atoms with Crippen LogP contribution in [0.1, 0.15) is 16.1 Å². The summed E-state index contributed by atoms with van der Waals surface area (Å²) in [5.41, 5.74) is 4.47. The molecule has 1 aromatic carbocycles. The van der Waals surface area contributed by atoms with Gasteiger partial charge >= 0.3 is 5.97 Å². The molecule has 0 bridgehead atoms. The summed E-state index contributed by atoms with van der Waals surface area (Å²) >= 11 is 2.92. The molecule has 0 radical (unpaired) electrons. The number of halogens is 2. The first-order valence-electron chi connectivity index (χ1n) is 5.94. The van der Waals surface area contributed by atoms with E-state index >= 15 is 0 Å². The minimum absolute atomic E-state index is 0.0558. The van der Waals surface area contributed by atoms with Gasteiger partial charge in [0.1, 0.15) is 17.6 Å². The summed E-state index contributed by atoms with van der Waals surface area (Å²) in [4.78, 5) is 22.3. The Morgan fingerprint density at radius 1 is 1.57 bits per heavy atom. The van der Waals surface area contributed by atoms with E-state index in [-0.39, 0.29) is 27.1 Å². The number of nitriles is 1. The molecule has 2 rings (SSSR count). The van der Waals surface area contributed by atoms with Crippen LogP contribution in [0.4, 0.5) is 15.8 Å². The van der Waals surface area contributed by atoms with Gasteiger partial charge in [-0.05, 0) is 22.0 Å². The molecular formula is C13H8BrFN4O4. The summed E-state index contributed by atoms with van der Waals surface area (Å²) in [6.45, 7) is 0. The van der Waals surface area contributed by atoms with Gasteiger partial charge in [0.15, 0.2) is 5.69 Å². The van der Waals surface area contributed by atoms with E-state index in [0.717, 1.165) is 23.9 Å². The highest BCUT2D eigenvalue weighted by Crippen LogP contribution is 2.33. The predicted molar refractivity (Wildman–Crippen MR) is 80.5 cm³/mol. The first-order valence-corrected chi connectivity index (χ1v) is 6.74. The summed E-state index contributed by atoms with van der Waals surface area (Å²) in [5, 5.41) is 20.2. The van der Waals surface area contributed by atoms with Gasteiger partial charge in [-0.15, -0.1) is 0 Å². The van der Waals surface area contributed by atoms with Crippen LogP contribution in [0.15, 0.2) is 22.8 Å². The van der Waals surface area contributed by atoms with E-state index in [4.69, 9.17) is 11.0 Å². The molecule has 0 fully saturated rings. The van der Waals surface area contributed by atoms with E-state index in [1.54, 1.807) is 6.07 Å². The van der Waals surface area contributed by atoms with Crippen LogP contribution in [0.5, 0.6) is 0 Å². The Labute approximate surface area is 137 Å². The minimum atomic E-state index is -0.890. The van der Waals surface area contributed by atoms with Gasteiger partial charge in [0.2, 0.25) is 0 Å². The Morgan fingerprint density at radius 2 is 2.22 bits per heavy atom. The summed E-state index contributed by atoms with van der Waals surface area (Å²) < 4.78 is 19.1. The Morgan fingerprint density at radius 3 is 2.74 bits per heavy atom. The molecule has 0 aliphatic carbocycles. The van der Waals surface area contributed by atoms with Crippen LogP contribution in [0, 0.1) is 27.3 Å². The molecule has 0 aliphatic heterocycles. The molecule has 0 saturated heterocycles. The van der Waals surface area contributed by atoms with Crippen LogP contribution >= 0.6 is 15.9 Å². The summed E-state index contributed by atoms with van der Waals surface area (Å²) in [6.07, 6.45) is 1.15. The number of aromatic nitrogens is 1. The maximum absolute atomic E-state index is 13.6. The highest BCUT2D eigenvalue weighted by Gasteiger charge is 2.27. The zero-order valence-corrected chi connectivity index (χ0v) is 13.1. The molecule has 10 heteroatoms. The molecule has 2 N–H and O–H groups in total. The van der Waals surface area contributed by atoms with Gasteiger partial charge in [0.25, 0.3) is 5.69 Å². The number of benzene rings is 1. The number of hydrogen-bond acceptors (Lipinski definition) is 6. The number of rotatable bonds is 3. The van der Waals surface area contributed by atoms with Crippen molar-refractivity contribution in [3.8, 4) is 11.8 Å². The van der Waals surface area contributed by atoms with Gasteiger partial charge in [-0.25, -0.2) is 9.18 Å². The summed E-state index contributed by atoms with van der Waals surface area (Å²) in [7, 11) is 1.10. The number of nitro benzene ring substituents is 1. The Balaban J connectivity index is 2.87. The smallest absolute Gasteiger partial charge is 0.357 e. The van der Waals surface area contributed by atoms with Crippen LogP contribution < -0.4 is 5.73 Å². The highest BCUT2D eigenvalue weighted by molar-refractivity contribution is 9.10. The second kappa shape index (κ2) is 6.05. The molecule has 118 valence electrons. The largest absolute Gasteiger partial charge is 0.464 e. The minimum Gasteiger partial charge on any atom is -0.464 e. The lowest BCUT2D eigenvalue weighted by molar-refractivity contribution is -0.384. The third-order valence-electron chi connectivity index (χ3n) is 3.02. The number of ether oxygens (including phenoxy) is 1. The van der Waals surface area contributed by atoms with Crippen molar-refractivity contribution in [1.29, 1.82) is 5.26 Å². The van der Waals surface area contributed by atoms with E-state index in [0.29, 0.717) is 6.07 Å². The fourth-order valence-electron chi connectivity index (χ4n) is 1.97. The van der Waals surface area contributed by atoms with Crippen LogP contribution in [0.3, 0.4) is 0 Å². The average molecular weight is 383 g/mol. The molecule has 0 unspecified atom stereocenters. The molecule has 0 atom stereocenters. The van der Waals surface area contributed by atoms with E-state index in [1.165, 1.54) is 0 Å². The number of anilines is 1. The van der Waals surface area contributed by atoms with Crippen molar-refractivity contribution in [2.24, 2.45) is 0 Å². The van der Waals surface area contributed by atoms with Crippen molar-refractivity contribution in [1.82, 2.24) is 4.57 Å². The van der Waals surface area contributed by atoms with E-state index < -0.39 is 22.4 Å². The van der Waals surface area contributed by atoms with Gasteiger partial charge in [-0.3, -0.25) is 10.1 Å². The molecule has 1 heterocycles. The predicted octanol–water partition coefficient (Wildman–Crippen LogP) is 2.53. The SMILES string of the molecule is COC(=O)c1c(N)c(C#N)cn1-c1cc(Br)c(F)cc1[N+](=O)[O-]. The number of methoxy groups -OCH3 is 1. The number of carbonyl (C=O) groups excluding carboxylic acids is 1. The van der Waals surface area contributed by atoms with E-state index in [9.17, 15) is 19.3 Å². The van der Waals surface area contributed by atoms with Gasteiger partial charge < -0.3 is 15.0 Å². The van der Waals surface area contributed by atoms with Crippen molar-refractivity contribution in [3.05, 3.63) is 50.0 Å². The number of carbonyl (C=O) groups is 1. The van der Waals surface area contributed by atoms with Crippen molar-refractivity contribution >= 4 is 33.3 Å².